The molecule has 0 unspecified atom stereocenters. The number of aliphatic hydroxyl groups is 1. The summed E-state index contributed by atoms with van der Waals surface area (Å²) < 4.78 is 18.0. The first-order chi connectivity index (χ1) is 24.6. The van der Waals surface area contributed by atoms with Gasteiger partial charge < -0.3 is 24.6 Å². The monoisotopic (exact) mass is 684 g/mol. The zero-order valence-electron chi connectivity index (χ0n) is 27.9. The number of aliphatic imine (C=N–C) groups is 1. The van der Waals surface area contributed by atoms with Crippen molar-refractivity contribution in [2.24, 2.45) is 4.99 Å². The standard InChI is InChI=1S/C42H40N2O5S/c1-47-36-18-10-17-33(29-36)39-42(26-11-15-31-13-4-2-5-14-31,44-40(49-39)32-22-24-35(25-23-32)48-28-12-27-45)41(46)43-30-34-16-8-9-21-38(34)50-37-19-6-3-7-20-37/h2-11,13-25,29,39,45H,12,26-28,30H2,1H3,(H,43,46)/b15-11+/t39-,42-/m1/s1. The Balaban J connectivity index is 1.36. The largest absolute Gasteiger partial charge is 0.497 e. The van der Waals surface area contributed by atoms with Crippen molar-refractivity contribution in [3.63, 3.8) is 0 Å². The molecule has 8 heteroatoms. The maximum absolute atomic E-state index is 14.8. The van der Waals surface area contributed by atoms with E-state index in [4.69, 9.17) is 24.3 Å². The third-order valence-corrected chi connectivity index (χ3v) is 9.47. The summed E-state index contributed by atoms with van der Waals surface area (Å²) in [6, 6.07) is 43.3. The van der Waals surface area contributed by atoms with Gasteiger partial charge in [0.25, 0.3) is 5.91 Å². The maximum Gasteiger partial charge on any atom is 0.252 e. The molecule has 0 saturated heterocycles. The molecule has 0 fully saturated rings. The molecule has 1 amide bonds. The van der Waals surface area contributed by atoms with Gasteiger partial charge in [-0.1, -0.05) is 103 Å². The van der Waals surface area contributed by atoms with Gasteiger partial charge in [-0.3, -0.25) is 4.79 Å². The minimum atomic E-state index is -1.34. The Kier molecular flexibility index (Phi) is 11.7. The highest BCUT2D eigenvalue weighted by Crippen LogP contribution is 2.44. The van der Waals surface area contributed by atoms with Crippen LogP contribution in [0.1, 0.15) is 41.2 Å². The van der Waals surface area contributed by atoms with Crippen LogP contribution in [0.15, 0.2) is 154 Å². The number of carbonyl (C=O) groups is 1. The van der Waals surface area contributed by atoms with E-state index in [0.29, 0.717) is 37.0 Å². The lowest BCUT2D eigenvalue weighted by atomic mass is 9.84. The molecular weight excluding hydrogens is 645 g/mol. The van der Waals surface area contributed by atoms with Crippen LogP contribution in [0.3, 0.4) is 0 Å². The predicted molar refractivity (Wildman–Crippen MR) is 199 cm³/mol. The van der Waals surface area contributed by atoms with Crippen molar-refractivity contribution >= 4 is 29.6 Å². The number of rotatable bonds is 15. The van der Waals surface area contributed by atoms with Crippen LogP contribution in [-0.4, -0.2) is 42.8 Å². The first-order valence-electron chi connectivity index (χ1n) is 16.6. The highest BCUT2D eigenvalue weighted by Gasteiger charge is 2.52. The van der Waals surface area contributed by atoms with E-state index in [9.17, 15) is 4.79 Å². The first kappa shape index (κ1) is 34.5. The Hall–Kier alpha value is -5.31. The molecule has 1 aliphatic heterocycles. The van der Waals surface area contributed by atoms with Crippen LogP contribution in [0.5, 0.6) is 11.5 Å². The molecule has 0 saturated carbocycles. The Labute approximate surface area is 297 Å². The predicted octanol–water partition coefficient (Wildman–Crippen LogP) is 8.28. The van der Waals surface area contributed by atoms with Gasteiger partial charge in [-0.05, 0) is 71.3 Å². The normalized spacial score (nSPS) is 16.8. The van der Waals surface area contributed by atoms with Crippen LogP contribution >= 0.6 is 11.8 Å². The number of hydrogen-bond acceptors (Lipinski definition) is 7. The van der Waals surface area contributed by atoms with Crippen molar-refractivity contribution in [1.29, 1.82) is 0 Å². The van der Waals surface area contributed by atoms with E-state index in [2.05, 4.69) is 23.5 Å². The molecule has 2 N–H and O–H groups in total. The number of ether oxygens (including phenoxy) is 3. The number of aliphatic hydroxyl groups excluding tert-OH is 1. The molecule has 1 heterocycles. The van der Waals surface area contributed by atoms with Crippen LogP contribution in [0.4, 0.5) is 0 Å². The van der Waals surface area contributed by atoms with Crippen molar-refractivity contribution in [1.82, 2.24) is 5.32 Å². The SMILES string of the molecule is COc1cccc([C@H]2OC(c3ccc(OCCCO)cc3)=N[C@@]2(C/C=C/c2ccccc2)C(=O)NCc2ccccc2Sc2ccccc2)c1. The van der Waals surface area contributed by atoms with Gasteiger partial charge in [0, 0.05) is 41.3 Å². The molecule has 1 aliphatic rings. The van der Waals surface area contributed by atoms with Crippen LogP contribution < -0.4 is 14.8 Å². The molecule has 5 aromatic rings. The number of benzene rings is 5. The van der Waals surface area contributed by atoms with Crippen molar-refractivity contribution < 1.29 is 24.1 Å². The van der Waals surface area contributed by atoms with Crippen LogP contribution in [-0.2, 0) is 16.1 Å². The number of hydrogen-bond donors (Lipinski definition) is 2. The average molecular weight is 685 g/mol. The summed E-state index contributed by atoms with van der Waals surface area (Å²) in [5.41, 5.74) is 2.18. The summed E-state index contributed by atoms with van der Waals surface area (Å²) >= 11 is 1.66. The molecule has 0 aliphatic carbocycles. The quantitative estimate of drug-likeness (QED) is 0.108. The smallest absolute Gasteiger partial charge is 0.252 e. The van der Waals surface area contributed by atoms with Crippen molar-refractivity contribution in [2.45, 2.75) is 40.8 Å². The summed E-state index contributed by atoms with van der Waals surface area (Å²) in [7, 11) is 1.62. The first-order valence-corrected chi connectivity index (χ1v) is 17.4. The van der Waals surface area contributed by atoms with E-state index in [1.807, 2.05) is 127 Å². The van der Waals surface area contributed by atoms with E-state index in [0.717, 1.165) is 32.0 Å². The lowest BCUT2D eigenvalue weighted by molar-refractivity contribution is -0.129. The van der Waals surface area contributed by atoms with Gasteiger partial charge in [-0.15, -0.1) is 0 Å². The van der Waals surface area contributed by atoms with E-state index < -0.39 is 11.6 Å². The van der Waals surface area contributed by atoms with Crippen LogP contribution in [0.25, 0.3) is 6.08 Å². The molecule has 7 nitrogen and oxygen atoms in total. The van der Waals surface area contributed by atoms with Gasteiger partial charge in [0.05, 0.1) is 13.7 Å². The molecule has 50 heavy (non-hydrogen) atoms. The molecule has 2 atom stereocenters. The number of carbonyl (C=O) groups excluding carboxylic acids is 1. The Morgan fingerprint density at radius 1 is 0.900 bits per heavy atom. The van der Waals surface area contributed by atoms with Crippen LogP contribution in [0, 0.1) is 0 Å². The number of amides is 1. The van der Waals surface area contributed by atoms with Gasteiger partial charge in [0.1, 0.15) is 11.5 Å². The fourth-order valence-electron chi connectivity index (χ4n) is 5.75. The van der Waals surface area contributed by atoms with Crippen LogP contribution in [0.2, 0.25) is 0 Å². The second kappa shape index (κ2) is 16.9. The number of methoxy groups -OCH3 is 1. The van der Waals surface area contributed by atoms with Crippen molar-refractivity contribution in [2.75, 3.05) is 20.3 Å². The summed E-state index contributed by atoms with van der Waals surface area (Å²) in [4.78, 5) is 22.1. The minimum Gasteiger partial charge on any atom is -0.497 e. The molecule has 254 valence electrons. The fraction of sp³-hybridized carbons (Fsp3) is 0.190. The van der Waals surface area contributed by atoms with Gasteiger partial charge in [-0.2, -0.15) is 0 Å². The highest BCUT2D eigenvalue weighted by atomic mass is 32.2. The lowest BCUT2D eigenvalue weighted by Crippen LogP contribution is -2.47. The summed E-state index contributed by atoms with van der Waals surface area (Å²) in [6.45, 7) is 0.790. The second-order valence-corrected chi connectivity index (χ2v) is 12.9. The highest BCUT2D eigenvalue weighted by molar-refractivity contribution is 7.99. The van der Waals surface area contributed by atoms with Gasteiger partial charge in [0.15, 0.2) is 11.6 Å². The Bertz CT molecular complexity index is 1910. The minimum absolute atomic E-state index is 0.0642. The Morgan fingerprint density at radius 3 is 2.40 bits per heavy atom. The average Bonchev–Trinajstić information content (AvgIpc) is 3.56. The zero-order valence-corrected chi connectivity index (χ0v) is 28.7. The number of nitrogens with zero attached hydrogens (tertiary/aromatic N) is 1. The van der Waals surface area contributed by atoms with E-state index in [1.165, 1.54) is 0 Å². The fourth-order valence-corrected chi connectivity index (χ4v) is 6.72. The molecule has 0 radical (unpaired) electrons. The van der Waals surface area contributed by atoms with Crippen molar-refractivity contribution in [3.8, 4) is 11.5 Å². The summed E-state index contributed by atoms with van der Waals surface area (Å²) in [6.07, 6.45) is 4.08. The maximum atomic E-state index is 14.8. The second-order valence-electron chi connectivity index (χ2n) is 11.8. The van der Waals surface area contributed by atoms with E-state index in [-0.39, 0.29) is 18.9 Å². The third kappa shape index (κ3) is 8.45. The summed E-state index contributed by atoms with van der Waals surface area (Å²) in [5.74, 6) is 1.45. The molecule has 0 spiro atoms. The van der Waals surface area contributed by atoms with Gasteiger partial charge in [0.2, 0.25) is 5.90 Å². The van der Waals surface area contributed by atoms with E-state index >= 15 is 0 Å². The topological polar surface area (TPSA) is 89.4 Å². The Morgan fingerprint density at radius 2 is 1.64 bits per heavy atom. The molecule has 5 aromatic carbocycles. The van der Waals surface area contributed by atoms with Gasteiger partial charge in [-0.25, -0.2) is 4.99 Å². The molecule has 0 bridgehead atoms. The third-order valence-electron chi connectivity index (χ3n) is 8.35. The van der Waals surface area contributed by atoms with Crippen molar-refractivity contribution in [3.05, 3.63) is 162 Å². The zero-order chi connectivity index (χ0) is 34.6. The summed E-state index contributed by atoms with van der Waals surface area (Å²) in [5, 5.41) is 12.4. The lowest BCUT2D eigenvalue weighted by Gasteiger charge is -2.30. The number of nitrogens with one attached hydrogen (secondary N) is 1. The molecule has 6 rings (SSSR count). The molecular formula is C42H40N2O5S. The van der Waals surface area contributed by atoms with E-state index in [1.54, 1.807) is 18.9 Å². The molecule has 0 aromatic heterocycles. The van der Waals surface area contributed by atoms with Gasteiger partial charge >= 0.3 is 0 Å².